The quantitative estimate of drug-likeness (QED) is 0.939. The number of aromatic carboxylic acids is 1. The summed E-state index contributed by atoms with van der Waals surface area (Å²) in [6.45, 7) is 0.0181. The highest BCUT2D eigenvalue weighted by Crippen LogP contribution is 2.25. The number of carbonyl (C=O) groups is 1. The van der Waals surface area contributed by atoms with E-state index in [1.165, 1.54) is 0 Å². The number of rotatable bonds is 4. The van der Waals surface area contributed by atoms with Gasteiger partial charge in [-0.2, -0.15) is 0 Å². The number of hydrogen-bond donors (Lipinski definition) is 1. The lowest BCUT2D eigenvalue weighted by Crippen LogP contribution is -2.02. The van der Waals surface area contributed by atoms with E-state index in [1.807, 2.05) is 18.2 Å². The van der Waals surface area contributed by atoms with Gasteiger partial charge in [-0.15, -0.1) is 0 Å². The van der Waals surface area contributed by atoms with Crippen LogP contribution in [0.1, 0.15) is 16.1 Å². The highest BCUT2D eigenvalue weighted by molar-refractivity contribution is 9.10. The molecule has 0 aliphatic rings. The molecule has 17 heavy (non-hydrogen) atoms. The van der Waals surface area contributed by atoms with Crippen molar-refractivity contribution >= 4 is 21.9 Å². The van der Waals surface area contributed by atoms with Gasteiger partial charge in [0.05, 0.1) is 10.7 Å². The standard InChI is InChI=1S/C11H8BrNO4/c12-8-3-1-2-4-9(8)16-6-10-7(11(14)15)5-13-17-10/h1-5H,6H2,(H,14,15). The van der Waals surface area contributed by atoms with E-state index in [-0.39, 0.29) is 17.9 Å². The molecule has 0 amide bonds. The van der Waals surface area contributed by atoms with Gasteiger partial charge in [0.15, 0.2) is 5.76 Å². The second-order valence-electron chi connectivity index (χ2n) is 3.19. The predicted octanol–water partition coefficient (Wildman–Crippen LogP) is 2.71. The molecule has 2 aromatic rings. The smallest absolute Gasteiger partial charge is 0.341 e. The maximum absolute atomic E-state index is 10.8. The van der Waals surface area contributed by atoms with Crippen molar-refractivity contribution in [2.75, 3.05) is 0 Å². The van der Waals surface area contributed by atoms with E-state index in [0.29, 0.717) is 5.75 Å². The third-order valence-corrected chi connectivity index (χ3v) is 2.73. The van der Waals surface area contributed by atoms with Gasteiger partial charge in [0.25, 0.3) is 0 Å². The Morgan fingerprint density at radius 1 is 1.47 bits per heavy atom. The molecule has 0 fully saturated rings. The first-order chi connectivity index (χ1) is 8.18. The van der Waals surface area contributed by atoms with Gasteiger partial charge < -0.3 is 14.4 Å². The molecule has 5 nitrogen and oxygen atoms in total. The Balaban J connectivity index is 2.10. The molecule has 1 heterocycles. The molecule has 2 rings (SSSR count). The highest BCUT2D eigenvalue weighted by Gasteiger charge is 2.15. The van der Waals surface area contributed by atoms with Crippen molar-refractivity contribution in [3.63, 3.8) is 0 Å². The van der Waals surface area contributed by atoms with Gasteiger partial charge in [0.2, 0.25) is 0 Å². The summed E-state index contributed by atoms with van der Waals surface area (Å²) < 4.78 is 11.0. The third kappa shape index (κ3) is 2.65. The molecule has 1 aromatic carbocycles. The molecule has 0 aliphatic heterocycles. The summed E-state index contributed by atoms with van der Waals surface area (Å²) in [5.41, 5.74) is 0.0112. The lowest BCUT2D eigenvalue weighted by molar-refractivity contribution is 0.0691. The van der Waals surface area contributed by atoms with E-state index in [1.54, 1.807) is 6.07 Å². The van der Waals surface area contributed by atoms with Crippen molar-refractivity contribution in [2.24, 2.45) is 0 Å². The van der Waals surface area contributed by atoms with Crippen LogP contribution in [0.15, 0.2) is 39.5 Å². The summed E-state index contributed by atoms with van der Waals surface area (Å²) in [6.07, 6.45) is 1.15. The first-order valence-corrected chi connectivity index (χ1v) is 5.52. The van der Waals surface area contributed by atoms with Crippen LogP contribution in [0.4, 0.5) is 0 Å². The number of carboxylic acid groups (broad SMARTS) is 1. The molecule has 1 aromatic heterocycles. The van der Waals surface area contributed by atoms with Crippen LogP contribution in [-0.2, 0) is 6.61 Å². The second-order valence-corrected chi connectivity index (χ2v) is 4.04. The zero-order valence-electron chi connectivity index (χ0n) is 8.59. The molecule has 6 heteroatoms. The Labute approximate surface area is 105 Å². The number of ether oxygens (including phenoxy) is 1. The summed E-state index contributed by atoms with van der Waals surface area (Å²) in [7, 11) is 0. The number of halogens is 1. The maximum atomic E-state index is 10.8. The summed E-state index contributed by atoms with van der Waals surface area (Å²) in [5.74, 6) is -0.287. The Bertz CT molecular complexity index is 538. The summed E-state index contributed by atoms with van der Waals surface area (Å²) >= 11 is 3.32. The summed E-state index contributed by atoms with van der Waals surface area (Å²) in [6, 6.07) is 7.27. The fraction of sp³-hybridized carbons (Fsp3) is 0.0909. The third-order valence-electron chi connectivity index (χ3n) is 2.07. The molecule has 0 saturated heterocycles. The largest absolute Gasteiger partial charge is 0.484 e. The van der Waals surface area contributed by atoms with Gasteiger partial charge in [-0.3, -0.25) is 0 Å². The van der Waals surface area contributed by atoms with Gasteiger partial charge in [0.1, 0.15) is 17.9 Å². The van der Waals surface area contributed by atoms with E-state index in [9.17, 15) is 4.79 Å². The van der Waals surface area contributed by atoms with Crippen molar-refractivity contribution in [1.29, 1.82) is 0 Å². The SMILES string of the molecule is O=C(O)c1cnoc1COc1ccccc1Br. The topological polar surface area (TPSA) is 72.6 Å². The van der Waals surface area contributed by atoms with E-state index in [0.717, 1.165) is 10.7 Å². The van der Waals surface area contributed by atoms with Crippen molar-refractivity contribution in [1.82, 2.24) is 5.16 Å². The molecule has 0 unspecified atom stereocenters. The van der Waals surface area contributed by atoms with Crippen molar-refractivity contribution in [3.05, 3.63) is 46.3 Å². The molecule has 88 valence electrons. The minimum absolute atomic E-state index is 0.0112. The van der Waals surface area contributed by atoms with Crippen LogP contribution in [0.2, 0.25) is 0 Å². The van der Waals surface area contributed by atoms with Crippen LogP contribution in [0.3, 0.4) is 0 Å². The molecule has 0 radical (unpaired) electrons. The van der Waals surface area contributed by atoms with Crippen molar-refractivity contribution in [3.8, 4) is 5.75 Å². The normalized spacial score (nSPS) is 10.2. The summed E-state index contributed by atoms with van der Waals surface area (Å²) in [4.78, 5) is 10.8. The minimum atomic E-state index is -1.09. The number of carboxylic acids is 1. The lowest BCUT2D eigenvalue weighted by Gasteiger charge is -2.05. The number of benzene rings is 1. The Morgan fingerprint density at radius 3 is 2.94 bits per heavy atom. The molecular formula is C11H8BrNO4. The van der Waals surface area contributed by atoms with E-state index < -0.39 is 5.97 Å². The Morgan fingerprint density at radius 2 is 2.24 bits per heavy atom. The monoisotopic (exact) mass is 297 g/mol. The average molecular weight is 298 g/mol. The van der Waals surface area contributed by atoms with Gasteiger partial charge in [-0.1, -0.05) is 17.3 Å². The maximum Gasteiger partial charge on any atom is 0.341 e. The van der Waals surface area contributed by atoms with Gasteiger partial charge in [0, 0.05) is 0 Å². The fourth-order valence-electron chi connectivity index (χ4n) is 1.25. The van der Waals surface area contributed by atoms with Crippen molar-refractivity contribution in [2.45, 2.75) is 6.61 Å². The number of hydrogen-bond acceptors (Lipinski definition) is 4. The van der Waals surface area contributed by atoms with E-state index in [4.69, 9.17) is 14.4 Å². The van der Waals surface area contributed by atoms with E-state index in [2.05, 4.69) is 21.1 Å². The molecule has 1 N–H and O–H groups in total. The second kappa shape index (κ2) is 5.01. The molecular weight excluding hydrogens is 290 g/mol. The molecule has 0 saturated carbocycles. The van der Waals surface area contributed by atoms with Gasteiger partial charge in [-0.05, 0) is 28.1 Å². The average Bonchev–Trinajstić information content (AvgIpc) is 2.76. The molecule has 0 aliphatic carbocycles. The van der Waals surface area contributed by atoms with Crippen LogP contribution in [-0.4, -0.2) is 16.2 Å². The number of para-hydroxylation sites is 1. The fourth-order valence-corrected chi connectivity index (χ4v) is 1.65. The van der Waals surface area contributed by atoms with Crippen LogP contribution in [0.5, 0.6) is 5.75 Å². The van der Waals surface area contributed by atoms with Gasteiger partial charge in [-0.25, -0.2) is 4.79 Å². The highest BCUT2D eigenvalue weighted by atomic mass is 79.9. The zero-order valence-corrected chi connectivity index (χ0v) is 10.2. The van der Waals surface area contributed by atoms with Crippen LogP contribution >= 0.6 is 15.9 Å². The summed E-state index contributed by atoms with van der Waals surface area (Å²) in [5, 5.41) is 12.3. The van der Waals surface area contributed by atoms with Crippen molar-refractivity contribution < 1.29 is 19.2 Å². The first kappa shape index (κ1) is 11.7. The number of aromatic nitrogens is 1. The first-order valence-electron chi connectivity index (χ1n) is 4.72. The van der Waals surface area contributed by atoms with Crippen LogP contribution in [0.25, 0.3) is 0 Å². The van der Waals surface area contributed by atoms with E-state index >= 15 is 0 Å². The molecule has 0 spiro atoms. The molecule has 0 bridgehead atoms. The van der Waals surface area contributed by atoms with Gasteiger partial charge >= 0.3 is 5.97 Å². The predicted molar refractivity (Wildman–Crippen MR) is 61.9 cm³/mol. The minimum Gasteiger partial charge on any atom is -0.484 e. The Hall–Kier alpha value is -1.82. The lowest BCUT2D eigenvalue weighted by atomic mass is 10.3. The number of nitrogens with zero attached hydrogens (tertiary/aromatic N) is 1. The zero-order chi connectivity index (χ0) is 12.3. The van der Waals surface area contributed by atoms with Crippen LogP contribution < -0.4 is 4.74 Å². The van der Waals surface area contributed by atoms with Crippen LogP contribution in [0, 0.1) is 0 Å². The Kier molecular flexibility index (Phi) is 3.43. The molecule has 0 atom stereocenters.